The first-order valence-electron chi connectivity index (χ1n) is 8.22. The zero-order chi connectivity index (χ0) is 18.7. The maximum atomic E-state index is 12.2. The highest BCUT2D eigenvalue weighted by Crippen LogP contribution is 2.24. The van der Waals surface area contributed by atoms with Crippen molar-refractivity contribution in [3.63, 3.8) is 0 Å². The minimum atomic E-state index is -3.57. The van der Waals surface area contributed by atoms with Gasteiger partial charge in [-0.3, -0.25) is 4.79 Å². The quantitative estimate of drug-likeness (QED) is 0.813. The summed E-state index contributed by atoms with van der Waals surface area (Å²) in [5.74, 6) is -1.33. The summed E-state index contributed by atoms with van der Waals surface area (Å²) >= 11 is 0. The Labute approximate surface area is 152 Å². The summed E-state index contributed by atoms with van der Waals surface area (Å²) in [6.45, 7) is -0.492. The molecule has 0 aliphatic heterocycles. The van der Waals surface area contributed by atoms with Crippen LogP contribution in [0.3, 0.4) is 0 Å². The number of aryl methyl sites for hydroxylation is 2. The topological polar surface area (TPSA) is 89.5 Å². The van der Waals surface area contributed by atoms with Crippen molar-refractivity contribution in [1.29, 1.82) is 0 Å². The number of sulfone groups is 1. The summed E-state index contributed by atoms with van der Waals surface area (Å²) in [5.41, 5.74) is 3.09. The molecule has 1 N–H and O–H groups in total. The number of hydrogen-bond donors (Lipinski definition) is 1. The van der Waals surface area contributed by atoms with E-state index in [9.17, 15) is 18.0 Å². The van der Waals surface area contributed by atoms with Crippen LogP contribution in [0.25, 0.3) is 0 Å². The largest absolute Gasteiger partial charge is 0.452 e. The third-order valence-corrected chi connectivity index (χ3v) is 5.38. The van der Waals surface area contributed by atoms with Gasteiger partial charge in [0, 0.05) is 11.9 Å². The lowest BCUT2D eigenvalue weighted by atomic mass is 10.1. The molecule has 1 amide bonds. The van der Waals surface area contributed by atoms with Crippen molar-refractivity contribution < 1.29 is 22.7 Å². The second-order valence-electron chi connectivity index (χ2n) is 6.23. The lowest BCUT2D eigenvalue weighted by Gasteiger charge is -2.10. The number of nitrogens with one attached hydrogen (secondary N) is 1. The molecule has 0 bridgehead atoms. The normalized spacial score (nSPS) is 13.1. The molecular formula is C19H19NO5S. The fourth-order valence-electron chi connectivity index (χ4n) is 3.01. The number of carbonyl (C=O) groups is 2. The molecule has 3 rings (SSSR count). The Hall–Kier alpha value is -2.67. The highest BCUT2D eigenvalue weighted by atomic mass is 32.2. The van der Waals surface area contributed by atoms with E-state index < -0.39 is 28.3 Å². The van der Waals surface area contributed by atoms with Crippen LogP contribution in [0, 0.1) is 0 Å². The van der Waals surface area contributed by atoms with E-state index in [2.05, 4.69) is 5.32 Å². The van der Waals surface area contributed by atoms with Gasteiger partial charge in [-0.05, 0) is 54.7 Å². The molecule has 1 aliphatic carbocycles. The number of rotatable bonds is 5. The van der Waals surface area contributed by atoms with E-state index in [1.807, 2.05) is 18.2 Å². The average molecular weight is 373 g/mol. The predicted molar refractivity (Wildman–Crippen MR) is 96.9 cm³/mol. The van der Waals surface area contributed by atoms with Gasteiger partial charge in [0.15, 0.2) is 16.4 Å². The Morgan fingerprint density at radius 1 is 1.08 bits per heavy atom. The first kappa shape index (κ1) is 18.1. The molecule has 0 heterocycles. The van der Waals surface area contributed by atoms with E-state index >= 15 is 0 Å². The first-order valence-corrected chi connectivity index (χ1v) is 10.1. The fraction of sp³-hybridized carbons (Fsp3) is 0.263. The highest BCUT2D eigenvalue weighted by Gasteiger charge is 2.20. The number of esters is 1. The summed E-state index contributed by atoms with van der Waals surface area (Å²) in [6, 6.07) is 11.5. The van der Waals surface area contributed by atoms with Gasteiger partial charge in [0.05, 0.1) is 10.5 Å². The van der Waals surface area contributed by atoms with E-state index in [1.54, 1.807) is 0 Å². The van der Waals surface area contributed by atoms with Crippen LogP contribution >= 0.6 is 0 Å². The van der Waals surface area contributed by atoms with Crippen molar-refractivity contribution in [3.8, 4) is 0 Å². The lowest BCUT2D eigenvalue weighted by molar-refractivity contribution is -0.119. The zero-order valence-electron chi connectivity index (χ0n) is 14.3. The fourth-order valence-corrected chi connectivity index (χ4v) is 3.89. The molecule has 1 aliphatic rings. The maximum absolute atomic E-state index is 12.2. The minimum absolute atomic E-state index is 0.0830. The molecule has 0 radical (unpaired) electrons. The Balaban J connectivity index is 1.62. The molecule has 0 unspecified atom stereocenters. The Morgan fingerprint density at radius 2 is 1.81 bits per heavy atom. The summed E-state index contributed by atoms with van der Waals surface area (Å²) in [4.78, 5) is 24.1. The summed E-state index contributed by atoms with van der Waals surface area (Å²) in [7, 11) is -3.57. The van der Waals surface area contributed by atoms with Crippen LogP contribution < -0.4 is 5.32 Å². The highest BCUT2D eigenvalue weighted by molar-refractivity contribution is 7.90. The monoisotopic (exact) mass is 373 g/mol. The second kappa shape index (κ2) is 7.29. The number of fused-ring (bicyclic) bond motifs is 1. The van der Waals surface area contributed by atoms with Gasteiger partial charge < -0.3 is 10.1 Å². The van der Waals surface area contributed by atoms with Crippen LogP contribution in [-0.2, 0) is 32.2 Å². The maximum Gasteiger partial charge on any atom is 0.339 e. The van der Waals surface area contributed by atoms with Crippen LogP contribution in [0.2, 0.25) is 0 Å². The van der Waals surface area contributed by atoms with E-state index in [4.69, 9.17) is 4.74 Å². The standard InChI is InChI=1S/C19H19NO5S/c1-26(23,24)17-8-3-2-7-16(17)19(22)25-12-18(21)20-15-10-9-13-5-4-6-14(13)11-15/h2-3,7-11H,4-6,12H2,1H3,(H,20,21). The molecular weight excluding hydrogens is 354 g/mol. The van der Waals surface area contributed by atoms with Crippen molar-refractivity contribution in [2.24, 2.45) is 0 Å². The van der Waals surface area contributed by atoms with Crippen molar-refractivity contribution in [1.82, 2.24) is 0 Å². The number of benzene rings is 2. The number of hydrogen-bond acceptors (Lipinski definition) is 5. The number of anilines is 1. The molecule has 136 valence electrons. The van der Waals surface area contributed by atoms with E-state index in [1.165, 1.54) is 35.4 Å². The average Bonchev–Trinajstić information content (AvgIpc) is 3.06. The van der Waals surface area contributed by atoms with Crippen LogP contribution in [0.1, 0.15) is 27.9 Å². The van der Waals surface area contributed by atoms with Gasteiger partial charge in [-0.25, -0.2) is 13.2 Å². The molecule has 0 aromatic heterocycles. The summed E-state index contributed by atoms with van der Waals surface area (Å²) < 4.78 is 28.5. The van der Waals surface area contributed by atoms with Crippen molar-refractivity contribution in [3.05, 3.63) is 59.2 Å². The van der Waals surface area contributed by atoms with Gasteiger partial charge in [-0.15, -0.1) is 0 Å². The minimum Gasteiger partial charge on any atom is -0.452 e. The van der Waals surface area contributed by atoms with Crippen molar-refractivity contribution >= 4 is 27.4 Å². The lowest BCUT2D eigenvalue weighted by Crippen LogP contribution is -2.21. The number of ether oxygens (including phenoxy) is 1. The van der Waals surface area contributed by atoms with Gasteiger partial charge in [0.1, 0.15) is 0 Å². The zero-order valence-corrected chi connectivity index (χ0v) is 15.1. The van der Waals surface area contributed by atoms with E-state index in [0.717, 1.165) is 25.5 Å². The smallest absolute Gasteiger partial charge is 0.339 e. The summed E-state index contributed by atoms with van der Waals surface area (Å²) in [5, 5.41) is 2.69. The van der Waals surface area contributed by atoms with Crippen LogP contribution in [0.15, 0.2) is 47.4 Å². The van der Waals surface area contributed by atoms with Crippen LogP contribution in [0.4, 0.5) is 5.69 Å². The predicted octanol–water partition coefficient (Wildman–Crippen LogP) is 2.37. The van der Waals surface area contributed by atoms with E-state index in [-0.39, 0.29) is 10.5 Å². The number of carbonyl (C=O) groups excluding carboxylic acids is 2. The molecule has 0 saturated carbocycles. The van der Waals surface area contributed by atoms with Gasteiger partial charge in [-0.2, -0.15) is 0 Å². The van der Waals surface area contributed by atoms with Crippen molar-refractivity contribution in [2.75, 3.05) is 18.2 Å². The first-order chi connectivity index (χ1) is 12.3. The Morgan fingerprint density at radius 3 is 2.58 bits per heavy atom. The van der Waals surface area contributed by atoms with Gasteiger partial charge in [0.2, 0.25) is 0 Å². The molecule has 2 aromatic carbocycles. The molecule has 6 nitrogen and oxygen atoms in total. The third kappa shape index (κ3) is 4.11. The molecule has 2 aromatic rings. The molecule has 0 atom stereocenters. The third-order valence-electron chi connectivity index (χ3n) is 4.22. The Bertz CT molecular complexity index is 966. The molecule has 26 heavy (non-hydrogen) atoms. The van der Waals surface area contributed by atoms with Gasteiger partial charge in [0.25, 0.3) is 5.91 Å². The van der Waals surface area contributed by atoms with Gasteiger partial charge >= 0.3 is 5.97 Å². The van der Waals surface area contributed by atoms with Gasteiger partial charge in [-0.1, -0.05) is 18.2 Å². The Kier molecular flexibility index (Phi) is 5.08. The van der Waals surface area contributed by atoms with Crippen LogP contribution in [0.5, 0.6) is 0 Å². The molecule has 0 saturated heterocycles. The number of amides is 1. The van der Waals surface area contributed by atoms with Crippen molar-refractivity contribution in [2.45, 2.75) is 24.2 Å². The summed E-state index contributed by atoms with van der Waals surface area (Å²) in [6.07, 6.45) is 4.18. The second-order valence-corrected chi connectivity index (χ2v) is 8.21. The van der Waals surface area contributed by atoms with E-state index in [0.29, 0.717) is 5.69 Å². The molecule has 0 spiro atoms. The SMILES string of the molecule is CS(=O)(=O)c1ccccc1C(=O)OCC(=O)Nc1ccc2c(c1)CCC2. The van der Waals surface area contributed by atoms with Crippen LogP contribution in [-0.4, -0.2) is 33.2 Å². The molecule has 7 heteroatoms. The molecule has 0 fully saturated rings.